The zero-order chi connectivity index (χ0) is 21.8. The number of ether oxygens (including phenoxy) is 3. The summed E-state index contributed by atoms with van der Waals surface area (Å²) in [6.45, 7) is 1.18. The fraction of sp³-hybridized carbons (Fsp3) is 0.400. The number of phenolic OH excluding ortho intramolecular Hbond substituents is 1. The van der Waals surface area contributed by atoms with E-state index in [0.717, 1.165) is 6.08 Å². The van der Waals surface area contributed by atoms with Crippen LogP contribution < -0.4 is 5.32 Å². The maximum Gasteiger partial charge on any atom is 0.330 e. The van der Waals surface area contributed by atoms with Crippen molar-refractivity contribution in [2.75, 3.05) is 6.61 Å². The van der Waals surface area contributed by atoms with E-state index in [2.05, 4.69) is 5.32 Å². The lowest BCUT2D eigenvalue weighted by molar-refractivity contribution is -0.309. The summed E-state index contributed by atoms with van der Waals surface area (Å²) in [7, 11) is 0. The number of hydrogen-bond acceptors (Lipinski definition) is 9. The molecule has 0 saturated carbocycles. The molecule has 6 atom stereocenters. The average Bonchev–Trinajstić information content (AvgIpc) is 3.04. The molecule has 0 bridgehead atoms. The average molecular weight is 421 g/mol. The molecule has 1 aromatic carbocycles. The van der Waals surface area contributed by atoms with Crippen LogP contribution in [0.2, 0.25) is 0 Å². The minimum Gasteiger partial charge on any atom is -0.508 e. The molecular formula is C20H23NO9. The van der Waals surface area contributed by atoms with Crippen LogP contribution in [0.1, 0.15) is 12.5 Å². The molecule has 0 aromatic heterocycles. The Morgan fingerprint density at radius 3 is 2.50 bits per heavy atom. The van der Waals surface area contributed by atoms with Crippen molar-refractivity contribution in [1.82, 2.24) is 5.32 Å². The van der Waals surface area contributed by atoms with Crippen LogP contribution in [-0.2, 0) is 23.8 Å². The summed E-state index contributed by atoms with van der Waals surface area (Å²) < 4.78 is 15.9. The summed E-state index contributed by atoms with van der Waals surface area (Å²) in [5.74, 6) is -0.964. The number of nitrogens with one attached hydrogen (secondary N) is 1. The molecule has 10 heteroatoms. The van der Waals surface area contributed by atoms with E-state index in [-0.39, 0.29) is 11.7 Å². The van der Waals surface area contributed by atoms with Crippen molar-refractivity contribution in [2.45, 2.75) is 43.9 Å². The molecule has 10 nitrogen and oxygen atoms in total. The maximum absolute atomic E-state index is 11.9. The second-order valence-electron chi connectivity index (χ2n) is 6.95. The highest BCUT2D eigenvalue weighted by atomic mass is 16.7. The number of carbonyl (C=O) groups excluding carboxylic acids is 2. The lowest BCUT2D eigenvalue weighted by atomic mass is 9.99. The number of benzene rings is 1. The second-order valence-corrected chi connectivity index (χ2v) is 6.95. The number of esters is 1. The molecule has 6 unspecified atom stereocenters. The zero-order valence-electron chi connectivity index (χ0n) is 16.0. The molecule has 162 valence electrons. The Hall–Kier alpha value is -2.76. The van der Waals surface area contributed by atoms with Gasteiger partial charge in [-0.1, -0.05) is 12.1 Å². The predicted molar refractivity (Wildman–Crippen MR) is 102 cm³/mol. The van der Waals surface area contributed by atoms with E-state index in [1.54, 1.807) is 19.1 Å². The van der Waals surface area contributed by atoms with Gasteiger partial charge < -0.3 is 40.0 Å². The van der Waals surface area contributed by atoms with Crippen molar-refractivity contribution < 1.29 is 44.2 Å². The molecule has 30 heavy (non-hydrogen) atoms. The molecule has 3 rings (SSSR count). The van der Waals surface area contributed by atoms with Crippen molar-refractivity contribution in [3.63, 3.8) is 0 Å². The fourth-order valence-corrected chi connectivity index (χ4v) is 2.93. The van der Waals surface area contributed by atoms with E-state index in [9.17, 15) is 30.0 Å². The first-order valence-corrected chi connectivity index (χ1v) is 9.23. The van der Waals surface area contributed by atoms with Gasteiger partial charge in [0.2, 0.25) is 5.91 Å². The fourth-order valence-electron chi connectivity index (χ4n) is 2.93. The molecular weight excluding hydrogens is 398 g/mol. The number of phenols is 1. The highest BCUT2D eigenvalue weighted by Gasteiger charge is 2.45. The van der Waals surface area contributed by atoms with E-state index in [1.165, 1.54) is 24.3 Å². The van der Waals surface area contributed by atoms with Crippen LogP contribution in [0, 0.1) is 0 Å². The summed E-state index contributed by atoms with van der Waals surface area (Å²) >= 11 is 0. The molecule has 2 aliphatic rings. The van der Waals surface area contributed by atoms with E-state index >= 15 is 0 Å². The summed E-state index contributed by atoms with van der Waals surface area (Å²) in [5.41, 5.74) is 1.09. The molecule has 0 aliphatic carbocycles. The lowest BCUT2D eigenvalue weighted by Crippen LogP contribution is -2.60. The predicted octanol–water partition coefficient (Wildman–Crippen LogP) is -0.825. The summed E-state index contributed by atoms with van der Waals surface area (Å²) in [6.07, 6.45) is -3.99. The van der Waals surface area contributed by atoms with Crippen LogP contribution >= 0.6 is 0 Å². The van der Waals surface area contributed by atoms with Gasteiger partial charge in [0.15, 0.2) is 12.5 Å². The molecule has 5 N–H and O–H groups in total. The van der Waals surface area contributed by atoms with Gasteiger partial charge in [0.25, 0.3) is 0 Å². The topological polar surface area (TPSA) is 155 Å². The van der Waals surface area contributed by atoms with Crippen molar-refractivity contribution in [3.8, 4) is 5.75 Å². The van der Waals surface area contributed by atoms with Crippen LogP contribution in [0.5, 0.6) is 5.75 Å². The molecule has 2 aliphatic heterocycles. The monoisotopic (exact) mass is 421 g/mol. The Kier molecular flexibility index (Phi) is 6.85. The van der Waals surface area contributed by atoms with E-state index in [0.29, 0.717) is 11.1 Å². The summed E-state index contributed by atoms with van der Waals surface area (Å²) in [5, 5.41) is 42.0. The molecule has 1 amide bonds. The molecule has 0 spiro atoms. The number of aliphatic hydroxyl groups is 3. The Morgan fingerprint density at radius 1 is 1.17 bits per heavy atom. The van der Waals surface area contributed by atoms with E-state index in [4.69, 9.17) is 14.2 Å². The third-order valence-electron chi connectivity index (χ3n) is 4.68. The minimum absolute atomic E-state index is 0.0958. The number of rotatable bonds is 6. The SMILES string of the molecule is CC1=CC(OC2OC(COC(=O)C=Cc3ccc(O)cc3)C(O)C(O)C2O)NC1=O. The van der Waals surface area contributed by atoms with Gasteiger partial charge in [0.1, 0.15) is 36.8 Å². The number of amides is 1. The number of aliphatic hydroxyl groups excluding tert-OH is 3. The molecule has 0 radical (unpaired) electrons. The van der Waals surface area contributed by atoms with Crippen molar-refractivity contribution >= 4 is 18.0 Å². The first-order valence-electron chi connectivity index (χ1n) is 9.23. The molecule has 1 fully saturated rings. The van der Waals surface area contributed by atoms with Gasteiger partial charge in [0, 0.05) is 11.6 Å². The zero-order valence-corrected chi connectivity index (χ0v) is 16.0. The van der Waals surface area contributed by atoms with Gasteiger partial charge in [-0.15, -0.1) is 0 Å². The Labute approximate surface area is 172 Å². The van der Waals surface area contributed by atoms with Gasteiger partial charge in [-0.05, 0) is 36.8 Å². The normalized spacial score (nSPS) is 31.5. The van der Waals surface area contributed by atoms with Gasteiger partial charge in [-0.3, -0.25) is 4.79 Å². The molecule has 1 saturated heterocycles. The third-order valence-corrected chi connectivity index (χ3v) is 4.68. The first-order chi connectivity index (χ1) is 14.2. The Balaban J connectivity index is 1.55. The molecule has 2 heterocycles. The van der Waals surface area contributed by atoms with Crippen LogP contribution in [0.3, 0.4) is 0 Å². The highest BCUT2D eigenvalue weighted by molar-refractivity contribution is 5.95. The summed E-state index contributed by atoms with van der Waals surface area (Å²) in [6, 6.07) is 6.14. The van der Waals surface area contributed by atoms with Crippen LogP contribution in [0.25, 0.3) is 6.08 Å². The Bertz CT molecular complexity index is 835. The van der Waals surface area contributed by atoms with Crippen LogP contribution in [-0.4, -0.2) is 75.8 Å². The first kappa shape index (κ1) is 21.9. The number of carbonyl (C=O) groups is 2. The van der Waals surface area contributed by atoms with Gasteiger partial charge >= 0.3 is 5.97 Å². The van der Waals surface area contributed by atoms with E-state index in [1.807, 2.05) is 0 Å². The van der Waals surface area contributed by atoms with Crippen LogP contribution in [0.4, 0.5) is 0 Å². The second kappa shape index (κ2) is 9.37. The van der Waals surface area contributed by atoms with Crippen molar-refractivity contribution in [2.24, 2.45) is 0 Å². The van der Waals surface area contributed by atoms with Crippen molar-refractivity contribution in [3.05, 3.63) is 47.6 Å². The lowest BCUT2D eigenvalue weighted by Gasteiger charge is -2.40. The van der Waals surface area contributed by atoms with Crippen LogP contribution in [0.15, 0.2) is 42.0 Å². The number of aromatic hydroxyl groups is 1. The van der Waals surface area contributed by atoms with Crippen molar-refractivity contribution in [1.29, 1.82) is 0 Å². The van der Waals surface area contributed by atoms with Gasteiger partial charge in [-0.25, -0.2) is 4.79 Å². The van der Waals surface area contributed by atoms with Gasteiger partial charge in [0.05, 0.1) is 0 Å². The largest absolute Gasteiger partial charge is 0.508 e. The molecule has 1 aromatic rings. The summed E-state index contributed by atoms with van der Waals surface area (Å²) in [4.78, 5) is 23.4. The maximum atomic E-state index is 11.9. The van der Waals surface area contributed by atoms with E-state index < -0.39 is 49.5 Å². The minimum atomic E-state index is -1.61. The highest BCUT2D eigenvalue weighted by Crippen LogP contribution is 2.24. The van der Waals surface area contributed by atoms with Gasteiger partial charge in [-0.2, -0.15) is 0 Å². The number of hydrogen-bond donors (Lipinski definition) is 5. The third kappa shape index (κ3) is 5.23. The smallest absolute Gasteiger partial charge is 0.330 e. The Morgan fingerprint density at radius 2 is 1.87 bits per heavy atom. The standard InChI is InChI=1S/C20H23NO9/c1-10-8-14(21-19(10)27)30-20-18(26)17(25)16(24)13(29-20)9-28-15(23)7-4-11-2-5-12(22)6-3-11/h2-8,13-14,16-18,20,22,24-26H,9H2,1H3,(H,21,27). The quantitative estimate of drug-likeness (QED) is 0.292.